The molecule has 0 bridgehead atoms. The lowest BCUT2D eigenvalue weighted by atomic mass is 9.91. The van der Waals surface area contributed by atoms with Crippen molar-refractivity contribution in [1.29, 1.82) is 0 Å². The molecule has 0 aromatic heterocycles. The van der Waals surface area contributed by atoms with E-state index in [1.807, 2.05) is 43.5 Å². The van der Waals surface area contributed by atoms with E-state index in [0.717, 1.165) is 5.56 Å². The van der Waals surface area contributed by atoms with E-state index >= 15 is 0 Å². The number of carbonyl (C=O) groups excluding carboxylic acids is 2. The van der Waals surface area contributed by atoms with Gasteiger partial charge in [-0.25, -0.2) is 0 Å². The molecule has 2 amide bonds. The average molecular weight is 278 g/mol. The number of hydrogen-bond donors (Lipinski definition) is 2. The van der Waals surface area contributed by atoms with Gasteiger partial charge in [0.25, 0.3) is 0 Å². The average Bonchev–Trinajstić information content (AvgIpc) is 2.43. The van der Waals surface area contributed by atoms with Crippen LogP contribution in [0, 0.1) is 0 Å². The van der Waals surface area contributed by atoms with Crippen LogP contribution < -0.4 is 10.6 Å². The molecule has 0 saturated carbocycles. The molecule has 5 heteroatoms. The molecular weight excluding hydrogens is 260 g/mol. The summed E-state index contributed by atoms with van der Waals surface area (Å²) in [6.07, 6.45) is 1.91. The Labute approximate surface area is 117 Å². The smallest absolute Gasteiger partial charge is 0.244 e. The summed E-state index contributed by atoms with van der Waals surface area (Å²) in [5.74, 6) is 0.362. The van der Waals surface area contributed by atoms with Crippen LogP contribution in [0.15, 0.2) is 30.3 Å². The van der Waals surface area contributed by atoms with E-state index in [1.54, 1.807) is 11.8 Å². The van der Waals surface area contributed by atoms with Crippen molar-refractivity contribution in [2.75, 3.05) is 12.0 Å². The maximum atomic E-state index is 12.1. The minimum Gasteiger partial charge on any atom is -0.342 e. The molecule has 1 aliphatic heterocycles. The Morgan fingerprint density at radius 3 is 2.47 bits per heavy atom. The minimum absolute atomic E-state index is 0.0413. The van der Waals surface area contributed by atoms with Gasteiger partial charge in [0, 0.05) is 11.7 Å². The summed E-state index contributed by atoms with van der Waals surface area (Å²) in [4.78, 5) is 24.0. The molecule has 1 aromatic rings. The van der Waals surface area contributed by atoms with E-state index in [-0.39, 0.29) is 17.7 Å². The molecule has 2 rings (SSSR count). The molecule has 1 heterocycles. The molecule has 102 valence electrons. The van der Waals surface area contributed by atoms with Gasteiger partial charge in [0.15, 0.2) is 0 Å². The Morgan fingerprint density at radius 2 is 1.84 bits per heavy atom. The Morgan fingerprint density at radius 1 is 1.16 bits per heavy atom. The second-order valence-corrected chi connectivity index (χ2v) is 5.61. The highest BCUT2D eigenvalue weighted by molar-refractivity contribution is 7.98. The summed E-state index contributed by atoms with van der Waals surface area (Å²) in [5.41, 5.74) is 1.05. The maximum Gasteiger partial charge on any atom is 0.244 e. The van der Waals surface area contributed by atoms with Crippen LogP contribution in [0.4, 0.5) is 0 Å². The molecule has 1 aliphatic rings. The maximum absolute atomic E-state index is 12.1. The summed E-state index contributed by atoms with van der Waals surface area (Å²) in [6.45, 7) is 1.95. The predicted molar refractivity (Wildman–Crippen MR) is 77.1 cm³/mol. The first-order chi connectivity index (χ1) is 9.13. The molecule has 19 heavy (non-hydrogen) atoms. The quantitative estimate of drug-likeness (QED) is 0.868. The lowest BCUT2D eigenvalue weighted by molar-refractivity contribution is -0.136. The lowest BCUT2D eigenvalue weighted by Gasteiger charge is -2.32. The van der Waals surface area contributed by atoms with E-state index in [9.17, 15) is 9.59 Å². The highest BCUT2D eigenvalue weighted by Crippen LogP contribution is 2.21. The van der Waals surface area contributed by atoms with E-state index in [0.29, 0.717) is 5.75 Å². The zero-order chi connectivity index (χ0) is 13.8. The first-order valence-electron chi connectivity index (χ1n) is 6.28. The fourth-order valence-electron chi connectivity index (χ4n) is 2.23. The molecule has 3 atom stereocenters. The summed E-state index contributed by atoms with van der Waals surface area (Å²) >= 11 is 1.54. The van der Waals surface area contributed by atoms with Crippen molar-refractivity contribution in [3.8, 4) is 0 Å². The number of benzene rings is 1. The van der Waals surface area contributed by atoms with Crippen molar-refractivity contribution in [1.82, 2.24) is 10.6 Å². The van der Waals surface area contributed by atoms with Crippen LogP contribution in [-0.2, 0) is 9.59 Å². The molecule has 1 fully saturated rings. The number of nitrogens with one attached hydrogen (secondary N) is 2. The highest BCUT2D eigenvalue weighted by atomic mass is 32.2. The lowest BCUT2D eigenvalue weighted by Crippen LogP contribution is -2.63. The van der Waals surface area contributed by atoms with Gasteiger partial charge in [-0.05, 0) is 11.8 Å². The van der Waals surface area contributed by atoms with Gasteiger partial charge < -0.3 is 10.6 Å². The molecule has 2 N–H and O–H groups in total. The van der Waals surface area contributed by atoms with Gasteiger partial charge in [-0.2, -0.15) is 11.8 Å². The molecule has 1 aromatic carbocycles. The van der Waals surface area contributed by atoms with Gasteiger partial charge in [-0.15, -0.1) is 0 Å². The van der Waals surface area contributed by atoms with Gasteiger partial charge in [-0.3, -0.25) is 9.59 Å². The van der Waals surface area contributed by atoms with Crippen molar-refractivity contribution in [3.63, 3.8) is 0 Å². The molecule has 2 unspecified atom stereocenters. The van der Waals surface area contributed by atoms with Crippen LogP contribution in [0.25, 0.3) is 0 Å². The van der Waals surface area contributed by atoms with Crippen molar-refractivity contribution in [2.24, 2.45) is 0 Å². The standard InChI is InChI=1S/C14H18N2O2S/c1-9(10-6-4-3-5-7-10)12-14(18)15-11(8-19-2)13(17)16-12/h3-7,9,11-12H,8H2,1-2H3,(H,15,18)(H,16,17)/t9?,11-,12?/m1/s1. The van der Waals surface area contributed by atoms with Crippen LogP contribution >= 0.6 is 11.8 Å². The normalized spacial score (nSPS) is 24.5. The first kappa shape index (κ1) is 13.9. The van der Waals surface area contributed by atoms with E-state index in [1.165, 1.54) is 0 Å². The van der Waals surface area contributed by atoms with E-state index in [2.05, 4.69) is 10.6 Å². The fraction of sp³-hybridized carbons (Fsp3) is 0.429. The van der Waals surface area contributed by atoms with Crippen LogP contribution in [-0.4, -0.2) is 35.9 Å². The third-order valence-electron chi connectivity index (χ3n) is 3.37. The molecule has 0 radical (unpaired) electrons. The van der Waals surface area contributed by atoms with E-state index in [4.69, 9.17) is 0 Å². The van der Waals surface area contributed by atoms with Gasteiger partial charge in [-0.1, -0.05) is 37.3 Å². The summed E-state index contributed by atoms with van der Waals surface area (Å²) in [6, 6.07) is 8.84. The SMILES string of the molecule is CSC[C@H]1NC(=O)C(C(C)c2ccccc2)NC1=O. The van der Waals surface area contributed by atoms with Crippen molar-refractivity contribution >= 4 is 23.6 Å². The molecule has 1 saturated heterocycles. The summed E-state index contributed by atoms with van der Waals surface area (Å²) in [7, 11) is 0. The number of carbonyl (C=O) groups is 2. The van der Waals surface area contributed by atoms with E-state index < -0.39 is 12.1 Å². The number of amides is 2. The monoisotopic (exact) mass is 278 g/mol. The van der Waals surface area contributed by atoms with Crippen LogP contribution in [0.2, 0.25) is 0 Å². The van der Waals surface area contributed by atoms with Gasteiger partial charge in [0.05, 0.1) is 0 Å². The Bertz CT molecular complexity index is 464. The Hall–Kier alpha value is -1.49. The molecule has 0 spiro atoms. The van der Waals surface area contributed by atoms with Gasteiger partial charge in [0.2, 0.25) is 11.8 Å². The van der Waals surface area contributed by atoms with Crippen molar-refractivity contribution in [3.05, 3.63) is 35.9 Å². The zero-order valence-electron chi connectivity index (χ0n) is 11.1. The number of rotatable bonds is 4. The zero-order valence-corrected chi connectivity index (χ0v) is 11.9. The molecule has 4 nitrogen and oxygen atoms in total. The largest absolute Gasteiger partial charge is 0.342 e. The van der Waals surface area contributed by atoms with Gasteiger partial charge >= 0.3 is 0 Å². The number of piperazine rings is 1. The Kier molecular flexibility index (Phi) is 4.47. The predicted octanol–water partition coefficient (Wildman–Crippen LogP) is 1.14. The Balaban J connectivity index is 2.10. The van der Waals surface area contributed by atoms with Crippen molar-refractivity contribution in [2.45, 2.75) is 24.9 Å². The van der Waals surface area contributed by atoms with Gasteiger partial charge in [0.1, 0.15) is 12.1 Å². The topological polar surface area (TPSA) is 58.2 Å². The van der Waals surface area contributed by atoms with Crippen molar-refractivity contribution < 1.29 is 9.59 Å². The molecular formula is C14H18N2O2S. The third-order valence-corrected chi connectivity index (χ3v) is 4.04. The third kappa shape index (κ3) is 3.10. The minimum atomic E-state index is -0.493. The fourth-order valence-corrected chi connectivity index (χ4v) is 2.80. The van der Waals surface area contributed by atoms with Crippen LogP contribution in [0.3, 0.4) is 0 Å². The summed E-state index contributed by atoms with van der Waals surface area (Å²) < 4.78 is 0. The second-order valence-electron chi connectivity index (χ2n) is 4.70. The van der Waals surface area contributed by atoms with Crippen LogP contribution in [0.1, 0.15) is 18.4 Å². The second kappa shape index (κ2) is 6.10. The highest BCUT2D eigenvalue weighted by Gasteiger charge is 2.36. The molecule has 0 aliphatic carbocycles. The van der Waals surface area contributed by atoms with Crippen LogP contribution in [0.5, 0.6) is 0 Å². The number of thioether (sulfide) groups is 1. The first-order valence-corrected chi connectivity index (χ1v) is 7.67. The number of hydrogen-bond acceptors (Lipinski definition) is 3. The summed E-state index contributed by atoms with van der Waals surface area (Å²) in [5, 5.41) is 5.63.